The van der Waals surface area contributed by atoms with Gasteiger partial charge in [-0.15, -0.1) is 11.6 Å². The number of hydrogen-bond donors (Lipinski definition) is 0. The average Bonchev–Trinajstić information content (AvgIpc) is 2.40. The number of fused-ring (bicyclic) bond motifs is 2. The van der Waals surface area contributed by atoms with Gasteiger partial charge in [-0.25, -0.2) is 0 Å². The van der Waals surface area contributed by atoms with Gasteiger partial charge in [-0.2, -0.15) is 8.42 Å². The Morgan fingerprint density at radius 3 is 2.61 bits per heavy atom. The van der Waals surface area contributed by atoms with E-state index in [1.54, 1.807) is 0 Å². The van der Waals surface area contributed by atoms with Crippen LogP contribution in [0.1, 0.15) is 27.2 Å². The van der Waals surface area contributed by atoms with Crippen molar-refractivity contribution in [1.29, 1.82) is 0 Å². The number of carbonyl (C=O) groups excluding carboxylic acids is 1. The maximum absolute atomic E-state index is 11.8. The SMILES string of the molecule is CC(Cl)C(=O)OC1C(C)CC2C(C)C1OS2(=O)=O. The predicted octanol–water partition coefficient (Wildman–Crippen LogP) is 1.30. The Morgan fingerprint density at radius 2 is 2.06 bits per heavy atom. The third-order valence-corrected chi connectivity index (χ3v) is 5.82. The summed E-state index contributed by atoms with van der Waals surface area (Å²) in [4.78, 5) is 11.5. The summed E-state index contributed by atoms with van der Waals surface area (Å²) < 4.78 is 34.0. The van der Waals surface area contributed by atoms with Crippen molar-refractivity contribution in [1.82, 2.24) is 0 Å². The highest BCUT2D eigenvalue weighted by Crippen LogP contribution is 2.44. The van der Waals surface area contributed by atoms with Gasteiger partial charge >= 0.3 is 5.97 Å². The third kappa shape index (κ3) is 2.26. The Bertz CT molecular complexity index is 446. The summed E-state index contributed by atoms with van der Waals surface area (Å²) in [6.45, 7) is 5.21. The number of rotatable bonds is 2. The molecule has 0 radical (unpaired) electrons. The molecule has 104 valence electrons. The fourth-order valence-electron chi connectivity index (χ4n) is 2.71. The van der Waals surface area contributed by atoms with Crippen LogP contribution in [0.3, 0.4) is 0 Å². The molecule has 1 saturated heterocycles. The summed E-state index contributed by atoms with van der Waals surface area (Å²) in [5, 5.41) is -1.23. The maximum atomic E-state index is 11.8. The minimum Gasteiger partial charge on any atom is -0.458 e. The van der Waals surface area contributed by atoms with E-state index in [0.717, 1.165) is 0 Å². The topological polar surface area (TPSA) is 69.7 Å². The Labute approximate surface area is 112 Å². The molecule has 2 bridgehead atoms. The average molecular weight is 297 g/mol. The van der Waals surface area contributed by atoms with E-state index in [1.807, 2.05) is 13.8 Å². The maximum Gasteiger partial charge on any atom is 0.324 e. The largest absolute Gasteiger partial charge is 0.458 e. The number of carbonyl (C=O) groups is 1. The van der Waals surface area contributed by atoms with Gasteiger partial charge in [0.1, 0.15) is 17.6 Å². The lowest BCUT2D eigenvalue weighted by Crippen LogP contribution is -2.46. The molecule has 2 aliphatic rings. The van der Waals surface area contributed by atoms with Crippen molar-refractivity contribution in [3.8, 4) is 0 Å². The van der Waals surface area contributed by atoms with Crippen LogP contribution in [-0.4, -0.2) is 37.2 Å². The van der Waals surface area contributed by atoms with E-state index in [0.29, 0.717) is 6.42 Å². The Kier molecular flexibility index (Phi) is 3.64. The summed E-state index contributed by atoms with van der Waals surface area (Å²) in [5.74, 6) is -0.741. The molecule has 1 aliphatic carbocycles. The molecule has 6 unspecified atom stereocenters. The smallest absolute Gasteiger partial charge is 0.324 e. The molecule has 1 aliphatic heterocycles. The van der Waals surface area contributed by atoms with E-state index in [2.05, 4.69) is 0 Å². The Hall–Kier alpha value is -0.330. The summed E-state index contributed by atoms with van der Waals surface area (Å²) in [6.07, 6.45) is -0.667. The first-order chi connectivity index (χ1) is 8.24. The second kappa shape index (κ2) is 4.65. The summed E-state index contributed by atoms with van der Waals surface area (Å²) in [7, 11) is -3.52. The second-order valence-electron chi connectivity index (χ2n) is 5.18. The molecular weight excluding hydrogens is 280 g/mol. The monoisotopic (exact) mass is 296 g/mol. The molecule has 18 heavy (non-hydrogen) atoms. The normalized spacial score (nSPS) is 43.4. The third-order valence-electron chi connectivity index (χ3n) is 3.79. The quantitative estimate of drug-likeness (QED) is 0.436. The molecule has 0 N–H and O–H groups in total. The number of halogens is 1. The summed E-state index contributed by atoms with van der Waals surface area (Å²) in [5.41, 5.74) is 0. The van der Waals surface area contributed by atoms with Crippen LogP contribution in [0.15, 0.2) is 0 Å². The van der Waals surface area contributed by atoms with Crippen LogP contribution in [0, 0.1) is 11.8 Å². The molecule has 5 nitrogen and oxygen atoms in total. The number of hydrogen-bond acceptors (Lipinski definition) is 5. The molecule has 1 heterocycles. The van der Waals surface area contributed by atoms with Gasteiger partial charge in [-0.05, 0) is 19.3 Å². The van der Waals surface area contributed by atoms with Crippen molar-refractivity contribution in [3.05, 3.63) is 0 Å². The van der Waals surface area contributed by atoms with E-state index in [4.69, 9.17) is 20.5 Å². The highest BCUT2D eigenvalue weighted by atomic mass is 35.5. The van der Waals surface area contributed by atoms with E-state index in [9.17, 15) is 13.2 Å². The van der Waals surface area contributed by atoms with E-state index >= 15 is 0 Å². The van der Waals surface area contributed by atoms with Crippen molar-refractivity contribution < 1.29 is 22.1 Å². The van der Waals surface area contributed by atoms with Crippen molar-refractivity contribution in [2.45, 2.75) is 50.0 Å². The van der Waals surface area contributed by atoms with Gasteiger partial charge in [0.25, 0.3) is 10.1 Å². The fourth-order valence-corrected chi connectivity index (χ4v) is 4.72. The molecule has 0 spiro atoms. The van der Waals surface area contributed by atoms with Crippen molar-refractivity contribution >= 4 is 27.7 Å². The number of alkyl halides is 1. The van der Waals surface area contributed by atoms with Crippen LogP contribution < -0.4 is 0 Å². The van der Waals surface area contributed by atoms with Gasteiger partial charge in [-0.3, -0.25) is 8.98 Å². The Balaban J connectivity index is 2.20. The summed E-state index contributed by atoms with van der Waals surface area (Å²) in [6, 6.07) is 0. The van der Waals surface area contributed by atoms with Crippen molar-refractivity contribution in [2.75, 3.05) is 0 Å². The fraction of sp³-hybridized carbons (Fsp3) is 0.909. The lowest BCUT2D eigenvalue weighted by Gasteiger charge is -2.35. The van der Waals surface area contributed by atoms with E-state index in [-0.39, 0.29) is 11.8 Å². The van der Waals surface area contributed by atoms with Gasteiger partial charge in [0, 0.05) is 5.92 Å². The molecule has 7 heteroatoms. The first-order valence-electron chi connectivity index (χ1n) is 6.00. The number of ether oxygens (including phenoxy) is 1. The predicted molar refractivity (Wildman–Crippen MR) is 65.7 cm³/mol. The lowest BCUT2D eigenvalue weighted by molar-refractivity contribution is -0.159. The van der Waals surface area contributed by atoms with E-state index < -0.39 is 38.9 Å². The van der Waals surface area contributed by atoms with Crippen LogP contribution in [-0.2, 0) is 23.8 Å². The zero-order chi connectivity index (χ0) is 13.7. The molecule has 2 rings (SSSR count). The molecule has 0 aromatic rings. The second-order valence-corrected chi connectivity index (χ2v) is 7.62. The highest BCUT2D eigenvalue weighted by molar-refractivity contribution is 7.87. The summed E-state index contributed by atoms with van der Waals surface area (Å²) >= 11 is 5.66. The lowest BCUT2D eigenvalue weighted by atomic mass is 9.79. The van der Waals surface area contributed by atoms with Gasteiger partial charge in [0.05, 0.1) is 5.25 Å². The van der Waals surface area contributed by atoms with Crippen LogP contribution in [0.2, 0.25) is 0 Å². The van der Waals surface area contributed by atoms with Crippen LogP contribution in [0.25, 0.3) is 0 Å². The minimum atomic E-state index is -3.52. The standard InChI is InChI=1S/C11H17ClO5S/c1-5-4-8-6(2)10(17-18(8,14)15)9(5)16-11(13)7(3)12/h5-10H,4H2,1-3H3. The first kappa shape index (κ1) is 14.1. The molecule has 2 fully saturated rings. The van der Waals surface area contributed by atoms with Gasteiger partial charge < -0.3 is 4.74 Å². The van der Waals surface area contributed by atoms with Crippen molar-refractivity contribution in [3.63, 3.8) is 0 Å². The zero-order valence-corrected chi connectivity index (χ0v) is 12.1. The van der Waals surface area contributed by atoms with Crippen molar-refractivity contribution in [2.24, 2.45) is 11.8 Å². The van der Waals surface area contributed by atoms with Gasteiger partial charge in [0.15, 0.2) is 0 Å². The minimum absolute atomic E-state index is 0.0483. The molecule has 6 atom stereocenters. The Morgan fingerprint density at radius 1 is 1.44 bits per heavy atom. The van der Waals surface area contributed by atoms with Gasteiger partial charge in [0.2, 0.25) is 0 Å². The van der Waals surface area contributed by atoms with Crippen LogP contribution in [0.5, 0.6) is 0 Å². The van der Waals surface area contributed by atoms with Crippen LogP contribution in [0.4, 0.5) is 0 Å². The molecule has 0 aromatic carbocycles. The number of esters is 1. The molecule has 0 aromatic heterocycles. The molecule has 0 amide bonds. The van der Waals surface area contributed by atoms with E-state index in [1.165, 1.54) is 6.92 Å². The van der Waals surface area contributed by atoms with Gasteiger partial charge in [-0.1, -0.05) is 13.8 Å². The highest BCUT2D eigenvalue weighted by Gasteiger charge is 2.56. The van der Waals surface area contributed by atoms with Crippen LogP contribution >= 0.6 is 11.6 Å². The molecular formula is C11H17ClO5S. The molecule has 1 saturated carbocycles. The zero-order valence-electron chi connectivity index (χ0n) is 10.5. The first-order valence-corrected chi connectivity index (χ1v) is 7.91.